The first-order valence-electron chi connectivity index (χ1n) is 13.5. The van der Waals surface area contributed by atoms with Gasteiger partial charge in [0.05, 0.1) is 11.6 Å². The number of fused-ring (bicyclic) bond motifs is 6. The van der Waals surface area contributed by atoms with Gasteiger partial charge < -0.3 is 19.9 Å². The molecule has 3 amide bonds. The monoisotopic (exact) mass is 526 g/mol. The molecule has 3 aromatic rings. The van der Waals surface area contributed by atoms with E-state index in [0.717, 1.165) is 29.5 Å². The van der Waals surface area contributed by atoms with Crippen molar-refractivity contribution < 1.29 is 19.1 Å². The summed E-state index contributed by atoms with van der Waals surface area (Å²) in [5.41, 5.74) is 3.19. The highest BCUT2D eigenvalue weighted by Gasteiger charge is 2.31. The van der Waals surface area contributed by atoms with Gasteiger partial charge in [0.2, 0.25) is 11.8 Å². The molecule has 2 aliphatic rings. The average molecular weight is 527 g/mol. The molecule has 1 N–H and O–H groups in total. The van der Waals surface area contributed by atoms with Crippen molar-refractivity contribution >= 4 is 17.7 Å². The number of carbonyl (C=O) groups excluding carboxylic acids is 3. The fourth-order valence-electron chi connectivity index (χ4n) is 5.30. The molecule has 8 heteroatoms. The lowest BCUT2D eigenvalue weighted by Crippen LogP contribution is -2.45. The molecule has 1 fully saturated rings. The molecule has 8 nitrogen and oxygen atoms in total. The van der Waals surface area contributed by atoms with Gasteiger partial charge >= 0.3 is 0 Å². The molecular formula is C31H34N4O4. The Bertz CT molecular complexity index is 1330. The maximum atomic E-state index is 13.5. The van der Waals surface area contributed by atoms with E-state index < -0.39 is 0 Å². The Kier molecular flexibility index (Phi) is 8.20. The van der Waals surface area contributed by atoms with Crippen molar-refractivity contribution in [3.63, 3.8) is 0 Å². The molecule has 4 bridgehead atoms. The van der Waals surface area contributed by atoms with Gasteiger partial charge in [0.25, 0.3) is 5.91 Å². The molecule has 2 aliphatic heterocycles. The van der Waals surface area contributed by atoms with E-state index in [1.165, 1.54) is 4.90 Å². The highest BCUT2D eigenvalue weighted by atomic mass is 16.5. The molecule has 0 radical (unpaired) electrons. The van der Waals surface area contributed by atoms with Crippen molar-refractivity contribution in [1.82, 2.24) is 20.1 Å². The Hall–Kier alpha value is -4.20. The zero-order chi connectivity index (χ0) is 27.2. The largest absolute Gasteiger partial charge is 0.491 e. The SMILES string of the molecule is CN1CCC(=O)N[C@@H](Cc2ccccc2)CC(=O)N2CCC[C@H]2COc2cccc(c2)-c2cncc(c2)C1=O. The number of nitrogens with one attached hydrogen (secondary N) is 1. The molecule has 5 rings (SSSR count). The predicted molar refractivity (Wildman–Crippen MR) is 148 cm³/mol. The van der Waals surface area contributed by atoms with Crippen molar-refractivity contribution in [1.29, 1.82) is 0 Å². The number of nitrogens with zero attached hydrogens (tertiary/aromatic N) is 3. The summed E-state index contributed by atoms with van der Waals surface area (Å²) in [6.45, 7) is 1.33. The van der Waals surface area contributed by atoms with Crippen LogP contribution in [0.25, 0.3) is 11.1 Å². The number of carbonyl (C=O) groups is 3. The normalized spacial score (nSPS) is 20.8. The van der Waals surface area contributed by atoms with Gasteiger partial charge in [0, 0.05) is 57.0 Å². The lowest BCUT2D eigenvalue weighted by atomic mass is 10.0. The van der Waals surface area contributed by atoms with Gasteiger partial charge in [-0.1, -0.05) is 42.5 Å². The summed E-state index contributed by atoms with van der Waals surface area (Å²) in [7, 11) is 1.68. The van der Waals surface area contributed by atoms with E-state index in [4.69, 9.17) is 4.74 Å². The third kappa shape index (κ3) is 6.63. The first kappa shape index (κ1) is 26.4. The standard InChI is InChI=1S/C31H34N4O4/c1-34-14-12-29(36)33-26(15-22-7-3-2-4-8-22)18-30(37)35-13-6-10-27(35)21-39-28-11-5-9-23(17-28)24-16-25(31(34)38)20-32-19-24/h2-5,7-9,11,16-17,19-20,26-27H,6,10,12-15,18,21H2,1H3,(H,33,36)/t26-,27-/m0/s1. The molecule has 0 spiro atoms. The zero-order valence-corrected chi connectivity index (χ0v) is 22.2. The number of rotatable bonds is 2. The van der Waals surface area contributed by atoms with Crippen molar-refractivity contribution in [2.45, 2.75) is 44.2 Å². The second kappa shape index (κ2) is 12.1. The number of amides is 3. The molecule has 2 aromatic carbocycles. The van der Waals surface area contributed by atoms with E-state index in [1.54, 1.807) is 19.4 Å². The predicted octanol–water partition coefficient (Wildman–Crippen LogP) is 3.71. The highest BCUT2D eigenvalue weighted by Crippen LogP contribution is 2.26. The summed E-state index contributed by atoms with van der Waals surface area (Å²) >= 11 is 0. The van der Waals surface area contributed by atoms with Crippen LogP contribution in [0.4, 0.5) is 0 Å². The summed E-state index contributed by atoms with van der Waals surface area (Å²) in [5.74, 6) is 0.320. The molecule has 3 heterocycles. The molecule has 202 valence electrons. The second-order valence-corrected chi connectivity index (χ2v) is 10.3. The van der Waals surface area contributed by atoms with Crippen LogP contribution in [0.2, 0.25) is 0 Å². The van der Waals surface area contributed by atoms with Crippen LogP contribution in [0.3, 0.4) is 0 Å². The first-order chi connectivity index (χ1) is 19.0. The Morgan fingerprint density at radius 3 is 2.62 bits per heavy atom. The van der Waals surface area contributed by atoms with Gasteiger partial charge in [-0.05, 0) is 48.6 Å². The number of ether oxygens (including phenoxy) is 1. The lowest BCUT2D eigenvalue weighted by Gasteiger charge is -2.27. The molecule has 0 unspecified atom stereocenters. The van der Waals surface area contributed by atoms with E-state index in [0.29, 0.717) is 30.9 Å². The topological polar surface area (TPSA) is 91.8 Å². The van der Waals surface area contributed by atoms with Gasteiger partial charge in [-0.2, -0.15) is 0 Å². The van der Waals surface area contributed by atoms with Gasteiger partial charge in [-0.25, -0.2) is 0 Å². The van der Waals surface area contributed by atoms with Gasteiger partial charge in [-0.15, -0.1) is 0 Å². The molecule has 0 saturated carbocycles. The van der Waals surface area contributed by atoms with Gasteiger partial charge in [-0.3, -0.25) is 19.4 Å². The minimum atomic E-state index is -0.352. The fourth-order valence-corrected chi connectivity index (χ4v) is 5.30. The van der Waals surface area contributed by atoms with Crippen LogP contribution in [0.1, 0.15) is 41.6 Å². The zero-order valence-electron chi connectivity index (χ0n) is 22.2. The van der Waals surface area contributed by atoms with Crippen LogP contribution in [-0.4, -0.2) is 71.3 Å². The van der Waals surface area contributed by atoms with Crippen molar-refractivity contribution in [2.75, 3.05) is 26.7 Å². The Morgan fingerprint density at radius 2 is 1.77 bits per heavy atom. The summed E-state index contributed by atoms with van der Waals surface area (Å²) in [6, 6.07) is 19.0. The number of hydrogen-bond donors (Lipinski definition) is 1. The van der Waals surface area contributed by atoms with Crippen molar-refractivity contribution in [3.8, 4) is 16.9 Å². The Labute approximate surface area is 229 Å². The van der Waals surface area contributed by atoms with Crippen LogP contribution in [0.15, 0.2) is 73.1 Å². The molecule has 39 heavy (non-hydrogen) atoms. The molecule has 1 aromatic heterocycles. The lowest BCUT2D eigenvalue weighted by molar-refractivity contribution is -0.133. The number of hydrogen-bond acceptors (Lipinski definition) is 5. The second-order valence-electron chi connectivity index (χ2n) is 10.3. The Morgan fingerprint density at radius 1 is 0.949 bits per heavy atom. The highest BCUT2D eigenvalue weighted by molar-refractivity contribution is 5.95. The minimum Gasteiger partial charge on any atom is -0.491 e. The van der Waals surface area contributed by atoms with Crippen molar-refractivity contribution in [3.05, 3.63) is 84.2 Å². The summed E-state index contributed by atoms with van der Waals surface area (Å²) in [5, 5.41) is 3.07. The maximum Gasteiger partial charge on any atom is 0.255 e. The van der Waals surface area contributed by atoms with E-state index >= 15 is 0 Å². The average Bonchev–Trinajstić information content (AvgIpc) is 3.44. The summed E-state index contributed by atoms with van der Waals surface area (Å²) < 4.78 is 6.16. The first-order valence-corrected chi connectivity index (χ1v) is 13.5. The van der Waals surface area contributed by atoms with Gasteiger partial charge in [0.1, 0.15) is 12.4 Å². The summed E-state index contributed by atoms with van der Waals surface area (Å²) in [4.78, 5) is 47.3. The number of aromatic nitrogens is 1. The maximum absolute atomic E-state index is 13.5. The number of pyridine rings is 1. The van der Waals surface area contributed by atoms with E-state index in [2.05, 4.69) is 10.3 Å². The quantitative estimate of drug-likeness (QED) is 0.550. The van der Waals surface area contributed by atoms with Crippen LogP contribution < -0.4 is 10.1 Å². The minimum absolute atomic E-state index is 0.0170. The van der Waals surface area contributed by atoms with Crippen molar-refractivity contribution in [2.24, 2.45) is 0 Å². The van der Waals surface area contributed by atoms with E-state index in [9.17, 15) is 14.4 Å². The van der Waals surface area contributed by atoms with Crippen LogP contribution >= 0.6 is 0 Å². The molecule has 0 aliphatic carbocycles. The van der Waals surface area contributed by atoms with Crippen LogP contribution in [-0.2, 0) is 16.0 Å². The molecule has 1 saturated heterocycles. The van der Waals surface area contributed by atoms with E-state index in [1.807, 2.05) is 65.6 Å². The number of benzene rings is 2. The summed E-state index contributed by atoms with van der Waals surface area (Å²) in [6.07, 6.45) is 5.96. The van der Waals surface area contributed by atoms with Crippen LogP contribution in [0, 0.1) is 0 Å². The third-order valence-corrected chi connectivity index (χ3v) is 7.42. The van der Waals surface area contributed by atoms with Gasteiger partial charge in [0.15, 0.2) is 0 Å². The third-order valence-electron chi connectivity index (χ3n) is 7.42. The fraction of sp³-hybridized carbons (Fsp3) is 0.355. The smallest absolute Gasteiger partial charge is 0.255 e. The molecular weight excluding hydrogens is 492 g/mol. The molecule has 2 atom stereocenters. The van der Waals surface area contributed by atoms with Crippen LogP contribution in [0.5, 0.6) is 5.75 Å². The van der Waals surface area contributed by atoms with E-state index in [-0.39, 0.29) is 49.2 Å². The Balaban J connectivity index is 1.42.